The van der Waals surface area contributed by atoms with Gasteiger partial charge in [-0.15, -0.1) is 0 Å². The summed E-state index contributed by atoms with van der Waals surface area (Å²) in [5, 5.41) is 3.51. The summed E-state index contributed by atoms with van der Waals surface area (Å²) < 4.78 is 5.21. The minimum Gasteiger partial charge on any atom is -0.468 e. The van der Waals surface area contributed by atoms with Crippen molar-refractivity contribution in [3.8, 4) is 5.88 Å². The lowest BCUT2D eigenvalue weighted by Crippen LogP contribution is -2.20. The molecule has 1 N–H and O–H groups in total. The molecular formula is C13H10Cl2N2O2. The van der Waals surface area contributed by atoms with Crippen LogP contribution in [0.2, 0.25) is 10.0 Å². The zero-order valence-corrected chi connectivity index (χ0v) is 11.3. The van der Waals surface area contributed by atoms with Gasteiger partial charge >= 0.3 is 0 Å². The number of halogens is 2. The highest BCUT2D eigenvalue weighted by Crippen LogP contribution is 2.25. The van der Waals surface area contributed by atoms with Crippen LogP contribution in [0, 0.1) is 0 Å². The third kappa shape index (κ3) is 4.12. The number of pyridine rings is 1. The molecule has 2 rings (SSSR count). The Hall–Kier alpha value is -1.78. The Bertz CT molecular complexity index is 576. The van der Waals surface area contributed by atoms with E-state index in [0.717, 1.165) is 0 Å². The topological polar surface area (TPSA) is 51.2 Å². The summed E-state index contributed by atoms with van der Waals surface area (Å²) in [5.74, 6) is 0.0646. The zero-order chi connectivity index (χ0) is 13.7. The van der Waals surface area contributed by atoms with Crippen molar-refractivity contribution in [1.82, 2.24) is 4.98 Å². The number of rotatable bonds is 4. The van der Waals surface area contributed by atoms with Crippen molar-refractivity contribution in [2.24, 2.45) is 0 Å². The fourth-order valence-corrected chi connectivity index (χ4v) is 1.80. The number of carbonyl (C=O) groups excluding carboxylic acids is 1. The highest BCUT2D eigenvalue weighted by Gasteiger charge is 2.07. The van der Waals surface area contributed by atoms with Crippen molar-refractivity contribution in [2.75, 3.05) is 11.9 Å². The lowest BCUT2D eigenvalue weighted by atomic mass is 10.3. The maximum absolute atomic E-state index is 11.7. The second-order valence-electron chi connectivity index (χ2n) is 3.63. The zero-order valence-electron chi connectivity index (χ0n) is 9.77. The highest BCUT2D eigenvalue weighted by atomic mass is 35.5. The van der Waals surface area contributed by atoms with E-state index in [9.17, 15) is 4.79 Å². The van der Waals surface area contributed by atoms with Gasteiger partial charge in [0.25, 0.3) is 5.91 Å². The van der Waals surface area contributed by atoms with E-state index >= 15 is 0 Å². The minimum atomic E-state index is -0.324. The van der Waals surface area contributed by atoms with Gasteiger partial charge in [0.2, 0.25) is 5.88 Å². The Balaban J connectivity index is 1.91. The van der Waals surface area contributed by atoms with Crippen LogP contribution >= 0.6 is 23.2 Å². The van der Waals surface area contributed by atoms with Crippen LogP contribution in [0.15, 0.2) is 42.6 Å². The number of nitrogens with zero attached hydrogens (tertiary/aromatic N) is 1. The first kappa shape index (κ1) is 13.6. The molecule has 0 atom stereocenters. The molecule has 0 saturated carbocycles. The van der Waals surface area contributed by atoms with E-state index in [1.165, 1.54) is 0 Å². The molecule has 19 heavy (non-hydrogen) atoms. The Morgan fingerprint density at radius 2 is 2.11 bits per heavy atom. The molecule has 0 spiro atoms. The smallest absolute Gasteiger partial charge is 0.262 e. The van der Waals surface area contributed by atoms with Crippen molar-refractivity contribution in [1.29, 1.82) is 0 Å². The normalized spacial score (nSPS) is 10.0. The van der Waals surface area contributed by atoms with E-state index in [2.05, 4.69) is 10.3 Å². The maximum Gasteiger partial charge on any atom is 0.262 e. The Kier molecular flexibility index (Phi) is 4.60. The number of hydrogen-bond donors (Lipinski definition) is 1. The van der Waals surface area contributed by atoms with E-state index in [-0.39, 0.29) is 12.5 Å². The molecule has 0 aliphatic rings. The molecule has 0 radical (unpaired) electrons. The first-order chi connectivity index (χ1) is 9.15. The maximum atomic E-state index is 11.7. The van der Waals surface area contributed by atoms with Gasteiger partial charge in [0, 0.05) is 17.3 Å². The first-order valence-electron chi connectivity index (χ1n) is 5.44. The fourth-order valence-electron chi connectivity index (χ4n) is 1.35. The second kappa shape index (κ2) is 6.41. The molecule has 2 aromatic rings. The van der Waals surface area contributed by atoms with E-state index in [4.69, 9.17) is 27.9 Å². The Morgan fingerprint density at radius 1 is 1.26 bits per heavy atom. The van der Waals surface area contributed by atoms with Crippen LogP contribution in [0.3, 0.4) is 0 Å². The van der Waals surface area contributed by atoms with Gasteiger partial charge in [0.05, 0.1) is 10.7 Å². The van der Waals surface area contributed by atoms with Crippen molar-refractivity contribution < 1.29 is 9.53 Å². The number of carbonyl (C=O) groups is 1. The first-order valence-corrected chi connectivity index (χ1v) is 6.19. The molecule has 1 aromatic heterocycles. The number of nitrogens with one attached hydrogen (secondary N) is 1. The number of aromatic nitrogens is 1. The summed E-state index contributed by atoms with van der Waals surface area (Å²) in [6.45, 7) is -0.143. The average Bonchev–Trinajstić information content (AvgIpc) is 2.41. The van der Waals surface area contributed by atoms with Gasteiger partial charge in [-0.3, -0.25) is 4.79 Å². The van der Waals surface area contributed by atoms with Crippen molar-refractivity contribution in [3.63, 3.8) is 0 Å². The molecule has 0 bridgehead atoms. The standard InChI is InChI=1S/C13H10Cl2N2O2/c14-9-4-5-11(10(15)7-9)17-12(18)8-19-13-3-1-2-6-16-13/h1-7H,8H2,(H,17,18). The summed E-state index contributed by atoms with van der Waals surface area (Å²) in [6.07, 6.45) is 1.59. The third-order valence-electron chi connectivity index (χ3n) is 2.19. The van der Waals surface area contributed by atoms with Gasteiger partial charge in [0.15, 0.2) is 6.61 Å². The van der Waals surface area contributed by atoms with Gasteiger partial charge in [-0.25, -0.2) is 4.98 Å². The number of hydrogen-bond acceptors (Lipinski definition) is 3. The molecule has 0 aliphatic carbocycles. The molecule has 6 heteroatoms. The van der Waals surface area contributed by atoms with Gasteiger partial charge in [-0.2, -0.15) is 0 Å². The predicted molar refractivity (Wildman–Crippen MR) is 74.8 cm³/mol. The number of amides is 1. The second-order valence-corrected chi connectivity index (χ2v) is 4.47. The monoisotopic (exact) mass is 296 g/mol. The molecule has 1 heterocycles. The third-order valence-corrected chi connectivity index (χ3v) is 2.74. The number of ether oxygens (including phenoxy) is 1. The molecule has 0 aliphatic heterocycles. The molecule has 0 unspecified atom stereocenters. The molecule has 1 aromatic carbocycles. The molecule has 0 saturated heterocycles. The summed E-state index contributed by atoms with van der Waals surface area (Å²) in [7, 11) is 0. The summed E-state index contributed by atoms with van der Waals surface area (Å²) in [5.41, 5.74) is 0.487. The predicted octanol–water partition coefficient (Wildman–Crippen LogP) is 3.41. The number of benzene rings is 1. The van der Waals surface area contributed by atoms with Crippen LogP contribution in [-0.2, 0) is 4.79 Å². The summed E-state index contributed by atoms with van der Waals surface area (Å²) in [4.78, 5) is 15.6. The van der Waals surface area contributed by atoms with E-state index in [1.54, 1.807) is 42.6 Å². The summed E-state index contributed by atoms with van der Waals surface area (Å²) in [6, 6.07) is 10.0. The van der Waals surface area contributed by atoms with E-state index in [0.29, 0.717) is 21.6 Å². The number of anilines is 1. The Labute approximate surface area is 120 Å². The van der Waals surface area contributed by atoms with Gasteiger partial charge in [-0.05, 0) is 24.3 Å². The van der Waals surface area contributed by atoms with Crippen molar-refractivity contribution >= 4 is 34.8 Å². The molecule has 1 amide bonds. The van der Waals surface area contributed by atoms with Crippen molar-refractivity contribution in [3.05, 3.63) is 52.6 Å². The van der Waals surface area contributed by atoms with E-state index in [1.807, 2.05) is 0 Å². The quantitative estimate of drug-likeness (QED) is 0.941. The SMILES string of the molecule is O=C(COc1ccccn1)Nc1ccc(Cl)cc1Cl. The molecule has 98 valence electrons. The van der Waals surface area contributed by atoms with Gasteiger partial charge in [0.1, 0.15) is 0 Å². The van der Waals surface area contributed by atoms with Gasteiger partial charge < -0.3 is 10.1 Å². The van der Waals surface area contributed by atoms with Crippen LogP contribution in [0.1, 0.15) is 0 Å². The van der Waals surface area contributed by atoms with Crippen molar-refractivity contribution in [2.45, 2.75) is 0 Å². The lowest BCUT2D eigenvalue weighted by Gasteiger charge is -2.08. The molecule has 0 fully saturated rings. The largest absolute Gasteiger partial charge is 0.468 e. The van der Waals surface area contributed by atoms with Crippen LogP contribution < -0.4 is 10.1 Å². The molecule has 4 nitrogen and oxygen atoms in total. The van der Waals surface area contributed by atoms with Gasteiger partial charge in [-0.1, -0.05) is 29.3 Å². The van der Waals surface area contributed by atoms with Crippen LogP contribution in [0.25, 0.3) is 0 Å². The highest BCUT2D eigenvalue weighted by molar-refractivity contribution is 6.36. The lowest BCUT2D eigenvalue weighted by molar-refractivity contribution is -0.118. The van der Waals surface area contributed by atoms with Crippen LogP contribution in [-0.4, -0.2) is 17.5 Å². The van der Waals surface area contributed by atoms with Crippen LogP contribution in [0.5, 0.6) is 5.88 Å². The summed E-state index contributed by atoms with van der Waals surface area (Å²) >= 11 is 11.7. The Morgan fingerprint density at radius 3 is 2.79 bits per heavy atom. The molecular weight excluding hydrogens is 287 g/mol. The minimum absolute atomic E-state index is 0.143. The average molecular weight is 297 g/mol. The van der Waals surface area contributed by atoms with Crippen LogP contribution in [0.4, 0.5) is 5.69 Å². The fraction of sp³-hybridized carbons (Fsp3) is 0.0769. The van der Waals surface area contributed by atoms with E-state index < -0.39 is 0 Å².